The number of rotatable bonds is 2. The van der Waals surface area contributed by atoms with Crippen LogP contribution < -0.4 is 10.6 Å². The zero-order chi connectivity index (χ0) is 12.7. The van der Waals surface area contributed by atoms with Crippen molar-refractivity contribution in [2.24, 2.45) is 5.73 Å². The lowest BCUT2D eigenvalue weighted by Crippen LogP contribution is -2.21. The van der Waals surface area contributed by atoms with Gasteiger partial charge in [-0.1, -0.05) is 0 Å². The highest BCUT2D eigenvalue weighted by molar-refractivity contribution is 6.05. The molecular formula is C13H15N3O2. The molecule has 18 heavy (non-hydrogen) atoms. The van der Waals surface area contributed by atoms with Crippen LogP contribution in [0.3, 0.4) is 0 Å². The molecule has 3 rings (SSSR count). The minimum absolute atomic E-state index is 0.227. The molecule has 94 valence electrons. The van der Waals surface area contributed by atoms with Crippen molar-refractivity contribution in [3.8, 4) is 0 Å². The number of aromatic nitrogens is 1. The largest absolute Gasteiger partial charge is 0.430 e. The first-order valence-electron chi connectivity index (χ1n) is 6.12. The van der Waals surface area contributed by atoms with Crippen LogP contribution in [0.1, 0.15) is 29.1 Å². The van der Waals surface area contributed by atoms with Gasteiger partial charge in [0.1, 0.15) is 0 Å². The highest BCUT2D eigenvalue weighted by Gasteiger charge is 2.25. The Morgan fingerprint density at radius 3 is 2.78 bits per heavy atom. The van der Waals surface area contributed by atoms with Gasteiger partial charge in [0.15, 0.2) is 0 Å². The Hall–Kier alpha value is -2.04. The molecule has 0 aliphatic carbocycles. The van der Waals surface area contributed by atoms with Gasteiger partial charge in [-0.05, 0) is 31.9 Å². The average molecular weight is 245 g/mol. The Morgan fingerprint density at radius 1 is 1.39 bits per heavy atom. The van der Waals surface area contributed by atoms with Crippen molar-refractivity contribution < 1.29 is 9.21 Å². The maximum atomic E-state index is 11.5. The smallest absolute Gasteiger partial charge is 0.286 e. The van der Waals surface area contributed by atoms with Gasteiger partial charge in [0.05, 0.1) is 11.1 Å². The second kappa shape index (κ2) is 4.01. The first kappa shape index (κ1) is 11.1. The number of anilines is 1. The summed E-state index contributed by atoms with van der Waals surface area (Å²) in [6.45, 7) is 3.76. The summed E-state index contributed by atoms with van der Waals surface area (Å²) in [4.78, 5) is 18.0. The van der Waals surface area contributed by atoms with E-state index in [9.17, 15) is 4.79 Å². The number of furan rings is 1. The molecule has 1 aliphatic rings. The van der Waals surface area contributed by atoms with Crippen LogP contribution in [0.25, 0.3) is 11.1 Å². The molecule has 1 aliphatic heterocycles. The summed E-state index contributed by atoms with van der Waals surface area (Å²) >= 11 is 0. The molecule has 1 saturated heterocycles. The standard InChI is InChI=1S/C13H15N3O2/c1-8-4-5-9-10(16-6-2-3-7-16)11(12(14)17)18-13(9)15-8/h4-5H,2-3,6-7H2,1H3,(H2,14,17). The van der Waals surface area contributed by atoms with Gasteiger partial charge in [0, 0.05) is 18.8 Å². The first-order chi connectivity index (χ1) is 8.66. The van der Waals surface area contributed by atoms with E-state index in [2.05, 4.69) is 9.88 Å². The van der Waals surface area contributed by atoms with Gasteiger partial charge in [0.2, 0.25) is 11.5 Å². The van der Waals surface area contributed by atoms with Crippen LogP contribution in [0.2, 0.25) is 0 Å². The van der Waals surface area contributed by atoms with Crippen LogP contribution >= 0.6 is 0 Å². The number of hydrogen-bond donors (Lipinski definition) is 1. The Labute approximate surface area is 105 Å². The number of nitrogens with zero attached hydrogens (tertiary/aromatic N) is 2. The molecule has 5 nitrogen and oxygen atoms in total. The van der Waals surface area contributed by atoms with Crippen molar-refractivity contribution in [2.75, 3.05) is 18.0 Å². The predicted molar refractivity (Wildman–Crippen MR) is 68.7 cm³/mol. The number of pyridine rings is 1. The molecule has 0 aromatic carbocycles. The van der Waals surface area contributed by atoms with Gasteiger partial charge in [-0.3, -0.25) is 4.79 Å². The minimum Gasteiger partial charge on any atom is -0.430 e. The summed E-state index contributed by atoms with van der Waals surface area (Å²) in [5, 5.41) is 0.872. The Bertz CT molecular complexity index is 612. The van der Waals surface area contributed by atoms with E-state index in [1.807, 2.05) is 19.1 Å². The van der Waals surface area contributed by atoms with Crippen LogP contribution in [-0.2, 0) is 0 Å². The average Bonchev–Trinajstić information content (AvgIpc) is 2.92. The van der Waals surface area contributed by atoms with Gasteiger partial charge >= 0.3 is 0 Å². The summed E-state index contributed by atoms with van der Waals surface area (Å²) < 4.78 is 5.53. The molecule has 0 atom stereocenters. The van der Waals surface area contributed by atoms with Crippen LogP contribution in [-0.4, -0.2) is 24.0 Å². The van der Waals surface area contributed by atoms with Crippen LogP contribution in [0.15, 0.2) is 16.5 Å². The highest BCUT2D eigenvalue weighted by atomic mass is 16.4. The van der Waals surface area contributed by atoms with E-state index in [1.54, 1.807) is 0 Å². The van der Waals surface area contributed by atoms with Gasteiger partial charge < -0.3 is 15.1 Å². The molecule has 0 spiro atoms. The minimum atomic E-state index is -0.535. The third-order valence-electron chi connectivity index (χ3n) is 3.31. The quantitative estimate of drug-likeness (QED) is 0.876. The van der Waals surface area contributed by atoms with Crippen molar-refractivity contribution >= 4 is 22.7 Å². The molecule has 1 fully saturated rings. The van der Waals surface area contributed by atoms with Crippen molar-refractivity contribution in [3.63, 3.8) is 0 Å². The molecule has 2 aromatic heterocycles. The van der Waals surface area contributed by atoms with E-state index in [0.29, 0.717) is 5.71 Å². The van der Waals surface area contributed by atoms with Crippen LogP contribution in [0, 0.1) is 6.92 Å². The fraction of sp³-hybridized carbons (Fsp3) is 0.385. The summed E-state index contributed by atoms with van der Waals surface area (Å²) in [6.07, 6.45) is 2.26. The second-order valence-corrected chi connectivity index (χ2v) is 4.64. The number of carbonyl (C=O) groups is 1. The molecule has 0 unspecified atom stereocenters. The van der Waals surface area contributed by atoms with Crippen molar-refractivity contribution in [1.29, 1.82) is 0 Å². The lowest BCUT2D eigenvalue weighted by molar-refractivity contribution is 0.0976. The number of nitrogens with two attached hydrogens (primary N) is 1. The van der Waals surface area contributed by atoms with Gasteiger partial charge in [-0.2, -0.15) is 0 Å². The van der Waals surface area contributed by atoms with Crippen molar-refractivity contribution in [3.05, 3.63) is 23.6 Å². The number of hydrogen-bond acceptors (Lipinski definition) is 4. The van der Waals surface area contributed by atoms with E-state index in [1.165, 1.54) is 0 Å². The Morgan fingerprint density at radius 2 is 2.11 bits per heavy atom. The maximum Gasteiger partial charge on any atom is 0.286 e. The van der Waals surface area contributed by atoms with Gasteiger partial charge in [-0.15, -0.1) is 0 Å². The number of aryl methyl sites for hydroxylation is 1. The fourth-order valence-corrected chi connectivity index (χ4v) is 2.48. The van der Waals surface area contributed by atoms with Crippen molar-refractivity contribution in [2.45, 2.75) is 19.8 Å². The molecule has 5 heteroatoms. The monoisotopic (exact) mass is 245 g/mol. The molecule has 2 aromatic rings. The molecule has 0 bridgehead atoms. The Kier molecular flexibility index (Phi) is 2.47. The predicted octanol–water partition coefficient (Wildman–Crippen LogP) is 1.84. The van der Waals surface area contributed by atoms with Crippen LogP contribution in [0.4, 0.5) is 5.69 Å². The van der Waals surface area contributed by atoms with E-state index in [-0.39, 0.29) is 5.76 Å². The van der Waals surface area contributed by atoms with Crippen LogP contribution in [0.5, 0.6) is 0 Å². The molecule has 3 heterocycles. The molecular weight excluding hydrogens is 230 g/mol. The van der Waals surface area contributed by atoms with E-state index < -0.39 is 5.91 Å². The number of primary amides is 1. The number of amides is 1. The molecule has 0 radical (unpaired) electrons. The van der Waals surface area contributed by atoms with E-state index >= 15 is 0 Å². The van der Waals surface area contributed by atoms with E-state index in [0.717, 1.165) is 42.7 Å². The summed E-state index contributed by atoms with van der Waals surface area (Å²) in [5.74, 6) is -0.308. The third kappa shape index (κ3) is 1.63. The second-order valence-electron chi connectivity index (χ2n) is 4.64. The number of fused-ring (bicyclic) bond motifs is 1. The number of carbonyl (C=O) groups excluding carboxylic acids is 1. The third-order valence-corrected chi connectivity index (χ3v) is 3.31. The maximum absolute atomic E-state index is 11.5. The lowest BCUT2D eigenvalue weighted by Gasteiger charge is -2.16. The molecule has 2 N–H and O–H groups in total. The topological polar surface area (TPSA) is 72.4 Å². The summed E-state index contributed by atoms with van der Waals surface area (Å²) in [7, 11) is 0. The van der Waals surface area contributed by atoms with Gasteiger partial charge in [-0.25, -0.2) is 4.98 Å². The summed E-state index contributed by atoms with van der Waals surface area (Å²) in [6, 6.07) is 3.86. The molecule has 1 amide bonds. The first-order valence-corrected chi connectivity index (χ1v) is 6.12. The van der Waals surface area contributed by atoms with Gasteiger partial charge in [0.25, 0.3) is 5.91 Å². The fourth-order valence-electron chi connectivity index (χ4n) is 2.48. The Balaban J connectivity index is 2.24. The lowest BCUT2D eigenvalue weighted by atomic mass is 10.2. The zero-order valence-electron chi connectivity index (χ0n) is 10.3. The van der Waals surface area contributed by atoms with E-state index in [4.69, 9.17) is 10.2 Å². The highest BCUT2D eigenvalue weighted by Crippen LogP contribution is 2.34. The zero-order valence-corrected chi connectivity index (χ0v) is 10.3. The molecule has 0 saturated carbocycles. The summed E-state index contributed by atoms with van der Waals surface area (Å²) in [5.41, 5.74) is 7.56. The van der Waals surface area contributed by atoms with Crippen molar-refractivity contribution in [1.82, 2.24) is 4.98 Å². The SMILES string of the molecule is Cc1ccc2c(N3CCCC3)c(C(N)=O)oc2n1. The normalized spacial score (nSPS) is 15.5.